The predicted molar refractivity (Wildman–Crippen MR) is 192 cm³/mol. The zero-order valence-electron chi connectivity index (χ0n) is 29.4. The fraction of sp³-hybridized carbons (Fsp3) is 0.415. The first-order valence-electron chi connectivity index (χ1n) is 18.0. The summed E-state index contributed by atoms with van der Waals surface area (Å²) in [5, 5.41) is 6.22. The van der Waals surface area contributed by atoms with E-state index in [9.17, 15) is 9.59 Å². The number of ether oxygens (including phenoxy) is 3. The largest absolute Gasteiger partial charge is 0.487 e. The Kier molecular flexibility index (Phi) is 12.3. The second-order valence-corrected chi connectivity index (χ2v) is 13.7. The van der Waals surface area contributed by atoms with Crippen molar-refractivity contribution in [1.82, 2.24) is 20.6 Å². The number of pyridine rings is 2. The fourth-order valence-corrected chi connectivity index (χ4v) is 7.01. The smallest absolute Gasteiger partial charge is 0.253 e. The summed E-state index contributed by atoms with van der Waals surface area (Å²) in [6.07, 6.45) is 8.51. The second-order valence-electron chi connectivity index (χ2n) is 13.7. The molecule has 2 aromatic carbocycles. The highest BCUT2D eigenvalue weighted by Crippen LogP contribution is 2.39. The van der Waals surface area contributed by atoms with Crippen molar-refractivity contribution in [3.8, 4) is 11.5 Å². The van der Waals surface area contributed by atoms with Gasteiger partial charge < -0.3 is 24.8 Å². The molecule has 2 fully saturated rings. The van der Waals surface area contributed by atoms with Gasteiger partial charge in [-0.05, 0) is 118 Å². The molecule has 268 valence electrons. The molecule has 0 bridgehead atoms. The van der Waals surface area contributed by atoms with E-state index in [0.29, 0.717) is 46.6 Å². The van der Waals surface area contributed by atoms with E-state index >= 15 is 4.39 Å². The molecule has 1 saturated heterocycles. The predicted octanol–water partition coefficient (Wildman–Crippen LogP) is 7.41. The minimum atomic E-state index is -0.277. The molecule has 10 heteroatoms. The Balaban J connectivity index is 0.924. The van der Waals surface area contributed by atoms with E-state index in [2.05, 4.69) is 20.6 Å². The van der Waals surface area contributed by atoms with E-state index in [1.165, 1.54) is 6.07 Å². The van der Waals surface area contributed by atoms with Crippen molar-refractivity contribution in [1.29, 1.82) is 0 Å². The lowest BCUT2D eigenvalue weighted by atomic mass is 9.76. The number of aromatic nitrogens is 2. The number of rotatable bonds is 13. The Labute approximate surface area is 299 Å². The Morgan fingerprint density at radius 1 is 0.725 bits per heavy atom. The first-order valence-corrected chi connectivity index (χ1v) is 18.0. The second kappa shape index (κ2) is 17.4. The molecule has 0 spiro atoms. The number of benzene rings is 2. The lowest BCUT2D eigenvalue weighted by molar-refractivity contribution is 0.0538. The molecule has 0 radical (unpaired) electrons. The molecular weight excluding hydrogens is 647 g/mol. The van der Waals surface area contributed by atoms with Gasteiger partial charge in [0.15, 0.2) is 0 Å². The van der Waals surface area contributed by atoms with E-state index in [4.69, 9.17) is 14.2 Å². The van der Waals surface area contributed by atoms with Crippen LogP contribution < -0.4 is 20.1 Å². The molecule has 1 aliphatic heterocycles. The van der Waals surface area contributed by atoms with Crippen LogP contribution in [0.2, 0.25) is 0 Å². The van der Waals surface area contributed by atoms with Crippen LogP contribution in [-0.2, 0) is 18.0 Å². The number of amides is 2. The van der Waals surface area contributed by atoms with Crippen LogP contribution in [0.1, 0.15) is 96.0 Å². The van der Waals surface area contributed by atoms with Crippen LogP contribution in [0.4, 0.5) is 4.39 Å². The molecule has 2 amide bonds. The average molecular weight is 695 g/mol. The van der Waals surface area contributed by atoms with Crippen molar-refractivity contribution < 1.29 is 28.2 Å². The number of hydrogen-bond acceptors (Lipinski definition) is 7. The van der Waals surface area contributed by atoms with E-state index in [0.717, 1.165) is 63.2 Å². The Hall–Kier alpha value is -4.83. The molecule has 51 heavy (non-hydrogen) atoms. The molecule has 2 aliphatic rings. The van der Waals surface area contributed by atoms with Gasteiger partial charge in [-0.2, -0.15) is 0 Å². The van der Waals surface area contributed by atoms with Crippen LogP contribution in [0.15, 0.2) is 85.2 Å². The van der Waals surface area contributed by atoms with Gasteiger partial charge in [0.2, 0.25) is 0 Å². The van der Waals surface area contributed by atoms with Crippen LogP contribution in [0.25, 0.3) is 0 Å². The third kappa shape index (κ3) is 9.91. The third-order valence-corrected chi connectivity index (χ3v) is 10.3. The van der Waals surface area contributed by atoms with Crippen molar-refractivity contribution in [2.45, 2.75) is 83.6 Å². The molecule has 2 N–H and O–H groups in total. The molecule has 4 aromatic rings. The Morgan fingerprint density at radius 3 is 1.80 bits per heavy atom. The number of nitrogens with zero attached hydrogens (tertiary/aromatic N) is 2. The van der Waals surface area contributed by atoms with Crippen molar-refractivity contribution >= 4 is 11.8 Å². The molecule has 6 rings (SSSR count). The molecule has 9 nitrogen and oxygen atoms in total. The van der Waals surface area contributed by atoms with E-state index in [1.54, 1.807) is 36.7 Å². The maximum absolute atomic E-state index is 15.3. The van der Waals surface area contributed by atoms with Gasteiger partial charge in [0.25, 0.3) is 11.8 Å². The van der Waals surface area contributed by atoms with Crippen LogP contribution in [0, 0.1) is 17.7 Å². The summed E-state index contributed by atoms with van der Waals surface area (Å²) in [5.74, 6) is 1.46. The van der Waals surface area contributed by atoms with Gasteiger partial charge in [0, 0.05) is 43.8 Å². The maximum atomic E-state index is 15.3. The van der Waals surface area contributed by atoms with Crippen molar-refractivity contribution in [3.63, 3.8) is 0 Å². The monoisotopic (exact) mass is 694 g/mol. The number of carbonyl (C=O) groups excluding carboxylic acids is 2. The van der Waals surface area contributed by atoms with E-state index < -0.39 is 0 Å². The van der Waals surface area contributed by atoms with Crippen LogP contribution >= 0.6 is 0 Å². The van der Waals surface area contributed by atoms with Crippen molar-refractivity contribution in [2.75, 3.05) is 13.2 Å². The number of hydrogen-bond donors (Lipinski definition) is 2. The van der Waals surface area contributed by atoms with Crippen molar-refractivity contribution in [3.05, 3.63) is 119 Å². The number of nitrogens with one attached hydrogen (secondary N) is 2. The summed E-state index contributed by atoms with van der Waals surface area (Å²) in [5.41, 5.74) is 3.09. The molecular formula is C41H47FN4O5. The van der Waals surface area contributed by atoms with E-state index in [1.807, 2.05) is 56.3 Å². The third-order valence-electron chi connectivity index (χ3n) is 10.3. The summed E-state index contributed by atoms with van der Waals surface area (Å²) in [7, 11) is 0. The van der Waals surface area contributed by atoms with Crippen LogP contribution in [0.5, 0.6) is 11.5 Å². The quantitative estimate of drug-likeness (QED) is 0.150. The topological polar surface area (TPSA) is 112 Å². The summed E-state index contributed by atoms with van der Waals surface area (Å²) < 4.78 is 32.3. The first kappa shape index (κ1) is 36.0. The minimum absolute atomic E-state index is 0.0159. The standard InChI is InChI=1S/C41H47FN4O5/c1-27(45-40(47)32-12-14-34(43-23-32)25-50-36-6-4-3-5-7-36)29-8-10-31(11-9-29)38-17-16-37(22-39(38)42)51-26-35-15-13-33(24-44-35)41(48)46-28(2)30-18-20-49-21-19-30/h3-7,12-17,22-24,27-31H,8-11,18-21,25-26H2,1-2H3,(H,45,47)(H,46,48). The summed E-state index contributed by atoms with van der Waals surface area (Å²) in [6, 6.07) is 21.7. The van der Waals surface area contributed by atoms with Gasteiger partial charge in [0.05, 0.1) is 22.5 Å². The SMILES string of the molecule is CC(NC(=O)c1ccc(COc2ccc(C3CCC(C(C)NC(=O)c4ccc(COc5ccccc5)nc4)CC3)c(F)c2)nc1)C1CCOCC1. The van der Waals surface area contributed by atoms with Gasteiger partial charge in [-0.1, -0.05) is 24.3 Å². The highest BCUT2D eigenvalue weighted by molar-refractivity contribution is 5.94. The number of halogens is 1. The molecule has 2 aromatic heterocycles. The van der Waals surface area contributed by atoms with Gasteiger partial charge in [-0.3, -0.25) is 19.6 Å². The fourth-order valence-electron chi connectivity index (χ4n) is 7.01. The summed E-state index contributed by atoms with van der Waals surface area (Å²) in [4.78, 5) is 34.5. The zero-order valence-corrected chi connectivity index (χ0v) is 29.4. The van der Waals surface area contributed by atoms with Gasteiger partial charge in [-0.15, -0.1) is 0 Å². The molecule has 1 saturated carbocycles. The maximum Gasteiger partial charge on any atom is 0.253 e. The number of para-hydroxylation sites is 1. The van der Waals surface area contributed by atoms with Gasteiger partial charge >= 0.3 is 0 Å². The zero-order chi connectivity index (χ0) is 35.6. The van der Waals surface area contributed by atoms with Crippen LogP contribution in [0.3, 0.4) is 0 Å². The Morgan fingerprint density at radius 2 is 1.27 bits per heavy atom. The van der Waals surface area contributed by atoms with Gasteiger partial charge in [-0.25, -0.2) is 4.39 Å². The van der Waals surface area contributed by atoms with Gasteiger partial charge in [0.1, 0.15) is 30.5 Å². The first-order chi connectivity index (χ1) is 24.8. The molecule has 1 aliphatic carbocycles. The van der Waals surface area contributed by atoms with Crippen molar-refractivity contribution in [2.24, 2.45) is 11.8 Å². The summed E-state index contributed by atoms with van der Waals surface area (Å²) in [6.45, 7) is 6.04. The Bertz CT molecular complexity index is 1720. The highest BCUT2D eigenvalue weighted by Gasteiger charge is 2.29. The average Bonchev–Trinajstić information content (AvgIpc) is 3.17. The van der Waals surface area contributed by atoms with E-state index in [-0.39, 0.29) is 42.2 Å². The van der Waals surface area contributed by atoms with Crippen LogP contribution in [-0.4, -0.2) is 47.1 Å². The number of carbonyl (C=O) groups is 2. The molecule has 3 heterocycles. The normalized spacial score (nSPS) is 19.0. The lowest BCUT2D eigenvalue weighted by Crippen LogP contribution is -2.40. The summed E-state index contributed by atoms with van der Waals surface area (Å²) >= 11 is 0. The molecule has 2 unspecified atom stereocenters. The highest BCUT2D eigenvalue weighted by atomic mass is 19.1. The minimum Gasteiger partial charge on any atom is -0.487 e. The molecule has 2 atom stereocenters. The lowest BCUT2D eigenvalue weighted by Gasteiger charge is -2.33.